The minimum absolute atomic E-state index is 0.113. The summed E-state index contributed by atoms with van der Waals surface area (Å²) in [6.07, 6.45) is 0. The van der Waals surface area contributed by atoms with Crippen molar-refractivity contribution in [2.75, 3.05) is 13.1 Å². The van der Waals surface area contributed by atoms with Crippen molar-refractivity contribution in [1.82, 2.24) is 9.03 Å². The van der Waals surface area contributed by atoms with E-state index in [2.05, 4.69) is 4.72 Å². The van der Waals surface area contributed by atoms with Crippen LogP contribution in [-0.2, 0) is 10.2 Å². The van der Waals surface area contributed by atoms with Gasteiger partial charge in [-0.25, -0.2) is 0 Å². The molecule has 0 spiro atoms. The maximum Gasteiger partial charge on any atom is 0.280 e. The number of nitrogens with one attached hydrogen (secondary N) is 1. The zero-order chi connectivity index (χ0) is 12.3. The Morgan fingerprint density at radius 2 is 1.87 bits per heavy atom. The van der Waals surface area contributed by atoms with Crippen LogP contribution in [0, 0.1) is 0 Å². The van der Waals surface area contributed by atoms with Crippen molar-refractivity contribution in [2.24, 2.45) is 5.73 Å². The molecule has 6 heteroatoms. The van der Waals surface area contributed by atoms with Gasteiger partial charge in [-0.3, -0.25) is 0 Å². The Morgan fingerprint density at radius 3 is 2.13 bits per heavy atom. The van der Waals surface area contributed by atoms with Gasteiger partial charge in [-0.15, -0.1) is 0 Å². The summed E-state index contributed by atoms with van der Waals surface area (Å²) in [6.45, 7) is 9.72. The molecule has 0 fully saturated rings. The van der Waals surface area contributed by atoms with Crippen molar-refractivity contribution < 1.29 is 8.42 Å². The third-order valence-electron chi connectivity index (χ3n) is 2.14. The molecule has 0 saturated carbocycles. The highest BCUT2D eigenvalue weighted by molar-refractivity contribution is 7.87. The second kappa shape index (κ2) is 5.25. The smallest absolute Gasteiger partial charge is 0.280 e. The third kappa shape index (κ3) is 4.06. The summed E-state index contributed by atoms with van der Waals surface area (Å²) in [7, 11) is -3.44. The maximum atomic E-state index is 11.9. The van der Waals surface area contributed by atoms with E-state index in [0.717, 1.165) is 0 Å². The number of hydrogen-bond donors (Lipinski definition) is 2. The summed E-state index contributed by atoms with van der Waals surface area (Å²) in [6, 6.07) is -0.113. The van der Waals surface area contributed by atoms with Crippen LogP contribution in [0.2, 0.25) is 0 Å². The number of nitrogens with two attached hydrogens (primary N) is 1. The molecule has 0 aromatic rings. The molecule has 0 aromatic carbocycles. The van der Waals surface area contributed by atoms with Gasteiger partial charge in [0.2, 0.25) is 0 Å². The number of nitrogens with zero attached hydrogens (tertiary/aromatic N) is 1. The molecule has 0 unspecified atom stereocenters. The van der Waals surface area contributed by atoms with E-state index in [1.54, 1.807) is 20.8 Å². The van der Waals surface area contributed by atoms with Crippen molar-refractivity contribution in [3.63, 3.8) is 0 Å². The number of likely N-dealkylation sites (N-methyl/N-ethyl adjacent to an activating group) is 1. The van der Waals surface area contributed by atoms with E-state index in [-0.39, 0.29) is 6.04 Å². The molecular weight excluding hydrogens is 214 g/mol. The van der Waals surface area contributed by atoms with Crippen LogP contribution in [0.4, 0.5) is 0 Å². The molecular formula is C9H23N3O2S. The minimum Gasteiger partial charge on any atom is -0.329 e. The van der Waals surface area contributed by atoms with Gasteiger partial charge in [-0.05, 0) is 27.7 Å². The first kappa shape index (κ1) is 14.8. The van der Waals surface area contributed by atoms with Crippen molar-refractivity contribution >= 4 is 10.2 Å². The summed E-state index contributed by atoms with van der Waals surface area (Å²) in [4.78, 5) is 0. The van der Waals surface area contributed by atoms with E-state index in [1.807, 2.05) is 13.8 Å². The molecule has 92 valence electrons. The van der Waals surface area contributed by atoms with E-state index in [0.29, 0.717) is 13.1 Å². The highest BCUT2D eigenvalue weighted by Crippen LogP contribution is 2.16. The molecule has 0 aromatic heterocycles. The summed E-state index contributed by atoms with van der Waals surface area (Å²) >= 11 is 0. The van der Waals surface area contributed by atoms with Crippen LogP contribution in [0.1, 0.15) is 34.6 Å². The van der Waals surface area contributed by atoms with E-state index < -0.39 is 15.7 Å². The zero-order valence-corrected chi connectivity index (χ0v) is 11.1. The lowest BCUT2D eigenvalue weighted by molar-refractivity contribution is 0.240. The summed E-state index contributed by atoms with van der Waals surface area (Å²) < 4.78 is 27.8. The number of rotatable bonds is 6. The Balaban J connectivity index is 4.98. The predicted octanol–water partition coefficient (Wildman–Crippen LogP) is 0.288. The van der Waals surface area contributed by atoms with Gasteiger partial charge < -0.3 is 5.73 Å². The lowest BCUT2D eigenvalue weighted by Gasteiger charge is -2.36. The molecule has 5 nitrogen and oxygen atoms in total. The van der Waals surface area contributed by atoms with E-state index in [9.17, 15) is 8.42 Å². The standard InChI is InChI=1S/C9H23N3O2S/c1-6-12(9(4,5)7-10)15(13,14)11-8(2)3/h8,11H,6-7,10H2,1-5H3. The highest BCUT2D eigenvalue weighted by Gasteiger charge is 2.33. The Morgan fingerprint density at radius 1 is 1.40 bits per heavy atom. The van der Waals surface area contributed by atoms with Crippen LogP contribution in [0.15, 0.2) is 0 Å². The Bertz CT molecular complexity index is 286. The molecule has 0 saturated heterocycles. The first-order valence-corrected chi connectivity index (χ1v) is 6.61. The quantitative estimate of drug-likeness (QED) is 0.697. The lowest BCUT2D eigenvalue weighted by Crippen LogP contribution is -2.56. The van der Waals surface area contributed by atoms with Crippen molar-refractivity contribution in [3.05, 3.63) is 0 Å². The lowest BCUT2D eigenvalue weighted by atomic mass is 10.1. The normalized spacial score (nSPS) is 13.9. The van der Waals surface area contributed by atoms with Gasteiger partial charge in [0.25, 0.3) is 10.2 Å². The SMILES string of the molecule is CCN(C(C)(C)CN)S(=O)(=O)NC(C)C. The van der Waals surface area contributed by atoms with Gasteiger partial charge >= 0.3 is 0 Å². The van der Waals surface area contributed by atoms with Gasteiger partial charge in [0.1, 0.15) is 0 Å². The van der Waals surface area contributed by atoms with Crippen LogP contribution in [0.5, 0.6) is 0 Å². The maximum absolute atomic E-state index is 11.9. The Kier molecular flexibility index (Phi) is 5.19. The fourth-order valence-electron chi connectivity index (χ4n) is 1.39. The second-order valence-corrected chi connectivity index (χ2v) is 6.09. The predicted molar refractivity (Wildman–Crippen MR) is 62.7 cm³/mol. The summed E-state index contributed by atoms with van der Waals surface area (Å²) in [5.74, 6) is 0. The van der Waals surface area contributed by atoms with Crippen molar-refractivity contribution in [3.8, 4) is 0 Å². The molecule has 0 bridgehead atoms. The largest absolute Gasteiger partial charge is 0.329 e. The molecule has 0 rings (SSSR count). The molecule has 0 aliphatic rings. The minimum atomic E-state index is -3.44. The number of hydrogen-bond acceptors (Lipinski definition) is 3. The van der Waals surface area contributed by atoms with E-state index in [4.69, 9.17) is 5.73 Å². The Hall–Kier alpha value is -0.170. The monoisotopic (exact) mass is 237 g/mol. The van der Waals surface area contributed by atoms with Gasteiger partial charge in [0, 0.05) is 24.7 Å². The van der Waals surface area contributed by atoms with Crippen molar-refractivity contribution in [1.29, 1.82) is 0 Å². The van der Waals surface area contributed by atoms with Crippen LogP contribution >= 0.6 is 0 Å². The average molecular weight is 237 g/mol. The topological polar surface area (TPSA) is 75.4 Å². The van der Waals surface area contributed by atoms with Crippen LogP contribution < -0.4 is 10.5 Å². The van der Waals surface area contributed by atoms with Crippen LogP contribution in [0.25, 0.3) is 0 Å². The second-order valence-electron chi connectivity index (χ2n) is 4.46. The highest BCUT2D eigenvalue weighted by atomic mass is 32.2. The molecule has 0 radical (unpaired) electrons. The zero-order valence-electron chi connectivity index (χ0n) is 10.2. The van der Waals surface area contributed by atoms with Gasteiger partial charge in [0.15, 0.2) is 0 Å². The van der Waals surface area contributed by atoms with E-state index in [1.165, 1.54) is 4.31 Å². The fraction of sp³-hybridized carbons (Fsp3) is 1.00. The fourth-order valence-corrected chi connectivity index (χ4v) is 3.17. The average Bonchev–Trinajstić information content (AvgIpc) is 2.01. The van der Waals surface area contributed by atoms with Crippen LogP contribution in [0.3, 0.4) is 0 Å². The Labute approximate surface area is 93.2 Å². The van der Waals surface area contributed by atoms with Gasteiger partial charge in [-0.1, -0.05) is 6.92 Å². The van der Waals surface area contributed by atoms with Gasteiger partial charge in [0.05, 0.1) is 0 Å². The molecule has 15 heavy (non-hydrogen) atoms. The first-order chi connectivity index (χ1) is 6.67. The van der Waals surface area contributed by atoms with E-state index >= 15 is 0 Å². The molecule has 3 N–H and O–H groups in total. The molecule has 0 atom stereocenters. The van der Waals surface area contributed by atoms with Crippen molar-refractivity contribution in [2.45, 2.75) is 46.2 Å². The molecule has 0 aliphatic heterocycles. The van der Waals surface area contributed by atoms with Crippen LogP contribution in [-0.4, -0.2) is 37.4 Å². The molecule has 0 amide bonds. The summed E-state index contributed by atoms with van der Waals surface area (Å²) in [5, 5.41) is 0. The third-order valence-corrected chi connectivity index (χ3v) is 4.24. The molecule has 0 aliphatic carbocycles. The molecule has 0 heterocycles. The first-order valence-electron chi connectivity index (χ1n) is 5.17. The van der Waals surface area contributed by atoms with Gasteiger partial charge in [-0.2, -0.15) is 17.4 Å². The summed E-state index contributed by atoms with van der Waals surface area (Å²) in [5.41, 5.74) is 5.02.